The molecule has 1 amide bonds. The molecule has 0 saturated carbocycles. The number of amides is 1. The van der Waals surface area contributed by atoms with Crippen molar-refractivity contribution in [2.45, 2.75) is 30.3 Å². The number of nitrogens with one attached hydrogen (secondary N) is 1. The fourth-order valence-electron chi connectivity index (χ4n) is 4.32. The minimum atomic E-state index is -3.90. The van der Waals surface area contributed by atoms with E-state index in [1.807, 2.05) is 54.6 Å². The molecule has 1 aliphatic heterocycles. The van der Waals surface area contributed by atoms with E-state index in [4.69, 9.17) is 4.42 Å². The van der Waals surface area contributed by atoms with Gasteiger partial charge in [0.25, 0.3) is 0 Å². The molecule has 168 valence electrons. The number of carbonyl (C=O) groups excluding carboxylic acids is 1. The molecule has 5 rings (SSSR count). The van der Waals surface area contributed by atoms with Crippen molar-refractivity contribution in [3.63, 3.8) is 0 Å². The summed E-state index contributed by atoms with van der Waals surface area (Å²) in [5.41, 5.74) is 1.91. The molecule has 2 heterocycles. The first-order valence-electron chi connectivity index (χ1n) is 10.9. The molecule has 3 aromatic carbocycles. The number of benzene rings is 3. The zero-order chi connectivity index (χ0) is 22.8. The average Bonchev–Trinajstić information content (AvgIpc) is 3.36. The number of hydrogen-bond donors (Lipinski definition) is 1. The fraction of sp³-hybridized carbons (Fsp3) is 0.192. The Bertz CT molecular complexity index is 1400. The first kappa shape index (κ1) is 21.4. The molecule has 6 nitrogen and oxygen atoms in total. The monoisotopic (exact) mass is 460 g/mol. The van der Waals surface area contributed by atoms with Crippen LogP contribution in [0.4, 0.5) is 0 Å². The van der Waals surface area contributed by atoms with Crippen molar-refractivity contribution in [3.8, 4) is 0 Å². The van der Waals surface area contributed by atoms with Gasteiger partial charge in [0.05, 0.1) is 11.2 Å². The predicted octanol–water partition coefficient (Wildman–Crippen LogP) is 3.91. The molecule has 0 fully saturated rings. The van der Waals surface area contributed by atoms with Gasteiger partial charge in [0, 0.05) is 19.5 Å². The molecule has 1 aromatic heterocycles. The zero-order valence-electron chi connectivity index (χ0n) is 18.0. The molecular weight excluding hydrogens is 436 g/mol. The number of nitrogens with zero attached hydrogens (tertiary/aromatic N) is 1. The summed E-state index contributed by atoms with van der Waals surface area (Å²) in [5.74, 6) is 0.463. The molecule has 0 bridgehead atoms. The second-order valence-electron chi connectivity index (χ2n) is 8.17. The van der Waals surface area contributed by atoms with Crippen LogP contribution in [-0.4, -0.2) is 31.2 Å². The van der Waals surface area contributed by atoms with Crippen molar-refractivity contribution in [1.82, 2.24) is 9.62 Å². The molecule has 0 radical (unpaired) electrons. The van der Waals surface area contributed by atoms with Crippen molar-refractivity contribution < 1.29 is 17.6 Å². The van der Waals surface area contributed by atoms with Gasteiger partial charge >= 0.3 is 0 Å². The highest BCUT2D eigenvalue weighted by Gasteiger charge is 2.39. The summed E-state index contributed by atoms with van der Waals surface area (Å²) in [6, 6.07) is 23.2. The second kappa shape index (κ2) is 8.84. The number of fused-ring (bicyclic) bond motifs is 2. The van der Waals surface area contributed by atoms with E-state index in [2.05, 4.69) is 5.32 Å². The van der Waals surface area contributed by atoms with Gasteiger partial charge in [-0.2, -0.15) is 4.31 Å². The highest BCUT2D eigenvalue weighted by atomic mass is 32.2. The van der Waals surface area contributed by atoms with Crippen LogP contribution in [0.5, 0.6) is 0 Å². The van der Waals surface area contributed by atoms with E-state index in [0.29, 0.717) is 19.4 Å². The normalized spacial score (nSPS) is 16.4. The Morgan fingerprint density at radius 3 is 2.48 bits per heavy atom. The second-order valence-corrected chi connectivity index (χ2v) is 10.1. The minimum Gasteiger partial charge on any atom is -0.469 e. The van der Waals surface area contributed by atoms with Crippen LogP contribution in [0.15, 0.2) is 94.4 Å². The van der Waals surface area contributed by atoms with Gasteiger partial charge in [-0.25, -0.2) is 8.42 Å². The quantitative estimate of drug-likeness (QED) is 0.473. The summed E-state index contributed by atoms with van der Waals surface area (Å²) in [6.07, 6.45) is 2.46. The lowest BCUT2D eigenvalue weighted by Crippen LogP contribution is -2.52. The topological polar surface area (TPSA) is 79.6 Å². The first-order valence-corrected chi connectivity index (χ1v) is 12.3. The fourth-order valence-corrected chi connectivity index (χ4v) is 5.92. The Morgan fingerprint density at radius 2 is 1.70 bits per heavy atom. The summed E-state index contributed by atoms with van der Waals surface area (Å²) in [5, 5.41) is 4.71. The SMILES string of the molecule is O=C(NCCc1ccco1)[C@@H]1Cc2ccccc2CN1S(=O)(=O)c1ccc2ccccc2c1. The van der Waals surface area contributed by atoms with Crippen molar-refractivity contribution in [2.24, 2.45) is 0 Å². The van der Waals surface area contributed by atoms with Crippen LogP contribution in [0.25, 0.3) is 10.8 Å². The summed E-state index contributed by atoms with van der Waals surface area (Å²) in [4.78, 5) is 13.4. The lowest BCUT2D eigenvalue weighted by Gasteiger charge is -2.35. The van der Waals surface area contributed by atoms with Gasteiger partial charge in [-0.3, -0.25) is 4.79 Å². The van der Waals surface area contributed by atoms with Crippen LogP contribution in [-0.2, 0) is 34.2 Å². The third kappa shape index (κ3) is 4.29. The molecule has 0 unspecified atom stereocenters. The number of furan rings is 1. The standard InChI is InChI=1S/C26H24N2O4S/c29-26(27-14-13-23-10-5-15-32-23)25-17-21-8-3-4-9-22(21)18-28(25)33(30,31)24-12-11-19-6-1-2-7-20(19)16-24/h1-12,15-16,25H,13-14,17-18H2,(H,27,29)/t25-/m0/s1. The van der Waals surface area contributed by atoms with E-state index in [0.717, 1.165) is 27.7 Å². The summed E-state index contributed by atoms with van der Waals surface area (Å²) < 4.78 is 34.1. The summed E-state index contributed by atoms with van der Waals surface area (Å²) in [7, 11) is -3.90. The van der Waals surface area contributed by atoms with E-state index >= 15 is 0 Å². The smallest absolute Gasteiger partial charge is 0.244 e. The third-order valence-corrected chi connectivity index (χ3v) is 7.94. The lowest BCUT2D eigenvalue weighted by atomic mass is 9.95. The highest BCUT2D eigenvalue weighted by molar-refractivity contribution is 7.89. The van der Waals surface area contributed by atoms with Crippen molar-refractivity contribution in [1.29, 1.82) is 0 Å². The number of rotatable bonds is 6. The number of sulfonamides is 1. The maximum atomic E-state index is 13.7. The van der Waals surface area contributed by atoms with E-state index in [9.17, 15) is 13.2 Å². The lowest BCUT2D eigenvalue weighted by molar-refractivity contribution is -0.125. The van der Waals surface area contributed by atoms with Gasteiger partial charge in [-0.05, 0) is 52.6 Å². The largest absolute Gasteiger partial charge is 0.469 e. The molecular formula is C26H24N2O4S. The Morgan fingerprint density at radius 1 is 0.939 bits per heavy atom. The third-order valence-electron chi connectivity index (χ3n) is 6.09. The van der Waals surface area contributed by atoms with Crippen LogP contribution >= 0.6 is 0 Å². The maximum absolute atomic E-state index is 13.7. The van der Waals surface area contributed by atoms with Crippen LogP contribution in [0.1, 0.15) is 16.9 Å². The number of hydrogen-bond acceptors (Lipinski definition) is 4. The maximum Gasteiger partial charge on any atom is 0.244 e. The van der Waals surface area contributed by atoms with Crippen LogP contribution in [0.2, 0.25) is 0 Å². The van der Waals surface area contributed by atoms with Gasteiger partial charge in [0.2, 0.25) is 15.9 Å². The number of carbonyl (C=O) groups is 1. The molecule has 0 saturated heterocycles. The minimum absolute atomic E-state index is 0.154. The van der Waals surface area contributed by atoms with Gasteiger partial charge in [0.15, 0.2) is 0 Å². The summed E-state index contributed by atoms with van der Waals surface area (Å²) in [6.45, 7) is 0.524. The molecule has 7 heteroatoms. The first-order chi connectivity index (χ1) is 16.0. The van der Waals surface area contributed by atoms with Gasteiger partial charge in [-0.1, -0.05) is 54.6 Å². The summed E-state index contributed by atoms with van der Waals surface area (Å²) >= 11 is 0. The average molecular weight is 461 g/mol. The Balaban J connectivity index is 1.45. The van der Waals surface area contributed by atoms with Crippen molar-refractivity contribution >= 4 is 26.7 Å². The Labute approximate surface area is 192 Å². The van der Waals surface area contributed by atoms with E-state index in [-0.39, 0.29) is 17.3 Å². The van der Waals surface area contributed by atoms with Crippen LogP contribution in [0.3, 0.4) is 0 Å². The van der Waals surface area contributed by atoms with E-state index in [1.165, 1.54) is 4.31 Å². The highest BCUT2D eigenvalue weighted by Crippen LogP contribution is 2.30. The van der Waals surface area contributed by atoms with Crippen molar-refractivity contribution in [2.75, 3.05) is 6.54 Å². The zero-order valence-corrected chi connectivity index (χ0v) is 18.8. The van der Waals surface area contributed by atoms with Gasteiger partial charge in [-0.15, -0.1) is 0 Å². The molecule has 1 atom stereocenters. The van der Waals surface area contributed by atoms with Crippen molar-refractivity contribution in [3.05, 3.63) is 102 Å². The molecule has 1 N–H and O–H groups in total. The van der Waals surface area contributed by atoms with Gasteiger partial charge < -0.3 is 9.73 Å². The molecule has 1 aliphatic rings. The molecule has 0 spiro atoms. The molecule has 4 aromatic rings. The predicted molar refractivity (Wildman–Crippen MR) is 126 cm³/mol. The Kier molecular flexibility index (Phi) is 5.74. The van der Waals surface area contributed by atoms with Gasteiger partial charge in [0.1, 0.15) is 11.8 Å². The van der Waals surface area contributed by atoms with Crippen LogP contribution in [0, 0.1) is 0 Å². The van der Waals surface area contributed by atoms with E-state index < -0.39 is 16.1 Å². The molecule has 33 heavy (non-hydrogen) atoms. The van der Waals surface area contributed by atoms with E-state index in [1.54, 1.807) is 30.5 Å². The van der Waals surface area contributed by atoms with Crippen LogP contribution < -0.4 is 5.32 Å². The molecule has 0 aliphatic carbocycles. The Hall–Kier alpha value is -3.42.